The molecular formula is C12H20N2OS. The predicted octanol–water partition coefficient (Wildman–Crippen LogP) is 1.48. The lowest BCUT2D eigenvalue weighted by molar-refractivity contribution is -0.0288. The van der Waals surface area contributed by atoms with Crippen LogP contribution in [0.2, 0.25) is 0 Å². The molecule has 2 rings (SSSR count). The number of nitrogens with zero attached hydrogens (tertiary/aromatic N) is 1. The van der Waals surface area contributed by atoms with Gasteiger partial charge in [0.15, 0.2) is 0 Å². The van der Waals surface area contributed by atoms with Crippen molar-refractivity contribution in [2.24, 2.45) is 0 Å². The van der Waals surface area contributed by atoms with Crippen LogP contribution in [0.5, 0.6) is 0 Å². The summed E-state index contributed by atoms with van der Waals surface area (Å²) in [4.78, 5) is 5.34. The van der Waals surface area contributed by atoms with Crippen LogP contribution < -0.4 is 5.32 Å². The molecule has 4 heteroatoms. The van der Waals surface area contributed by atoms with E-state index >= 15 is 0 Å². The highest BCUT2D eigenvalue weighted by molar-refractivity contribution is 7.11. The van der Waals surface area contributed by atoms with Gasteiger partial charge < -0.3 is 10.1 Å². The van der Waals surface area contributed by atoms with Gasteiger partial charge in [0, 0.05) is 35.9 Å². The van der Waals surface area contributed by atoms with Gasteiger partial charge in [-0.05, 0) is 26.1 Å². The summed E-state index contributed by atoms with van der Waals surface area (Å²) >= 11 is 1.90. The zero-order valence-corrected chi connectivity index (χ0v) is 10.8. The van der Waals surface area contributed by atoms with Gasteiger partial charge in [-0.15, -0.1) is 11.3 Å². The fraction of sp³-hybridized carbons (Fsp3) is 0.667. The summed E-state index contributed by atoms with van der Waals surface area (Å²) < 4.78 is 5.69. The summed E-state index contributed by atoms with van der Waals surface area (Å²) in [7, 11) is 1.98. The minimum Gasteiger partial charge on any atom is -0.374 e. The van der Waals surface area contributed by atoms with E-state index in [2.05, 4.69) is 29.3 Å². The van der Waals surface area contributed by atoms with Crippen molar-refractivity contribution < 1.29 is 4.74 Å². The predicted molar refractivity (Wildman–Crippen MR) is 68.0 cm³/mol. The number of aryl methyl sites for hydroxylation is 1. The first kappa shape index (κ1) is 12.0. The maximum absolute atomic E-state index is 5.69. The maximum atomic E-state index is 5.69. The second-order valence-corrected chi connectivity index (χ2v) is 5.67. The summed E-state index contributed by atoms with van der Waals surface area (Å²) in [5.41, 5.74) is 0. The highest BCUT2D eigenvalue weighted by atomic mass is 32.1. The van der Waals surface area contributed by atoms with Gasteiger partial charge in [-0.25, -0.2) is 0 Å². The average Bonchev–Trinajstić information content (AvgIpc) is 2.65. The Morgan fingerprint density at radius 3 is 3.12 bits per heavy atom. The van der Waals surface area contributed by atoms with Crippen LogP contribution in [0.1, 0.15) is 9.75 Å². The van der Waals surface area contributed by atoms with Crippen molar-refractivity contribution in [3.63, 3.8) is 0 Å². The number of thiophene rings is 1. The Labute approximate surface area is 101 Å². The van der Waals surface area contributed by atoms with Crippen molar-refractivity contribution in [2.45, 2.75) is 19.6 Å². The Hall–Kier alpha value is -0.420. The molecule has 0 spiro atoms. The molecule has 1 aliphatic heterocycles. The van der Waals surface area contributed by atoms with E-state index < -0.39 is 0 Å². The second-order valence-electron chi connectivity index (χ2n) is 4.30. The van der Waals surface area contributed by atoms with E-state index in [1.54, 1.807) is 0 Å². The van der Waals surface area contributed by atoms with Crippen LogP contribution in [0.25, 0.3) is 0 Å². The van der Waals surface area contributed by atoms with Crippen molar-refractivity contribution in [3.8, 4) is 0 Å². The molecule has 0 saturated carbocycles. The van der Waals surface area contributed by atoms with Gasteiger partial charge in [0.1, 0.15) is 0 Å². The lowest BCUT2D eigenvalue weighted by Gasteiger charge is -2.32. The zero-order valence-electron chi connectivity index (χ0n) is 10.0. The topological polar surface area (TPSA) is 24.5 Å². The van der Waals surface area contributed by atoms with Crippen molar-refractivity contribution in [1.29, 1.82) is 0 Å². The molecule has 2 heterocycles. The first-order valence-corrected chi connectivity index (χ1v) is 6.63. The Balaban J connectivity index is 1.85. The number of hydrogen-bond donors (Lipinski definition) is 1. The SMILES string of the molecule is CNCC1CN(Cc2ccc(C)s2)CCO1. The molecule has 1 saturated heterocycles. The number of morpholine rings is 1. The molecule has 3 nitrogen and oxygen atoms in total. The van der Waals surface area contributed by atoms with E-state index in [0.717, 1.165) is 32.8 Å². The molecule has 1 aliphatic rings. The second kappa shape index (κ2) is 5.77. The Kier molecular flexibility index (Phi) is 4.35. The molecule has 1 fully saturated rings. The van der Waals surface area contributed by atoms with E-state index in [1.807, 2.05) is 18.4 Å². The smallest absolute Gasteiger partial charge is 0.0826 e. The van der Waals surface area contributed by atoms with E-state index in [4.69, 9.17) is 4.74 Å². The highest BCUT2D eigenvalue weighted by Gasteiger charge is 2.19. The van der Waals surface area contributed by atoms with Crippen molar-refractivity contribution in [1.82, 2.24) is 10.2 Å². The Morgan fingerprint density at radius 1 is 1.56 bits per heavy atom. The van der Waals surface area contributed by atoms with Crippen molar-refractivity contribution in [2.75, 3.05) is 33.3 Å². The lowest BCUT2D eigenvalue weighted by Crippen LogP contribution is -2.45. The van der Waals surface area contributed by atoms with Crippen molar-refractivity contribution >= 4 is 11.3 Å². The zero-order chi connectivity index (χ0) is 11.4. The fourth-order valence-electron chi connectivity index (χ4n) is 2.07. The molecule has 0 bridgehead atoms. The molecule has 0 radical (unpaired) electrons. The molecule has 1 aromatic heterocycles. The van der Waals surface area contributed by atoms with Crippen LogP contribution in [-0.2, 0) is 11.3 Å². The van der Waals surface area contributed by atoms with Gasteiger partial charge in [0.25, 0.3) is 0 Å². The molecule has 16 heavy (non-hydrogen) atoms. The Bertz CT molecular complexity index is 325. The van der Waals surface area contributed by atoms with Gasteiger partial charge in [0.2, 0.25) is 0 Å². The average molecular weight is 240 g/mol. The monoisotopic (exact) mass is 240 g/mol. The third-order valence-electron chi connectivity index (χ3n) is 2.83. The van der Waals surface area contributed by atoms with Crippen LogP contribution in [0.15, 0.2) is 12.1 Å². The third-order valence-corrected chi connectivity index (χ3v) is 3.82. The number of rotatable bonds is 4. The van der Waals surface area contributed by atoms with Crippen LogP contribution in [-0.4, -0.2) is 44.3 Å². The largest absolute Gasteiger partial charge is 0.374 e. The standard InChI is InChI=1S/C12H20N2OS/c1-10-3-4-12(16-10)9-14-5-6-15-11(8-14)7-13-2/h3-4,11,13H,5-9H2,1-2H3. The van der Waals surface area contributed by atoms with Crippen LogP contribution in [0, 0.1) is 6.92 Å². The summed E-state index contributed by atoms with van der Waals surface area (Å²) in [6.07, 6.45) is 0.347. The lowest BCUT2D eigenvalue weighted by atomic mass is 10.2. The van der Waals surface area contributed by atoms with Gasteiger partial charge in [-0.3, -0.25) is 4.90 Å². The molecule has 1 aromatic rings. The number of nitrogens with one attached hydrogen (secondary N) is 1. The quantitative estimate of drug-likeness (QED) is 0.862. The van der Waals surface area contributed by atoms with Gasteiger partial charge in [-0.1, -0.05) is 0 Å². The summed E-state index contributed by atoms with van der Waals surface area (Å²) in [6, 6.07) is 4.44. The molecular weight excluding hydrogens is 220 g/mol. The van der Waals surface area contributed by atoms with Gasteiger partial charge >= 0.3 is 0 Å². The van der Waals surface area contributed by atoms with Crippen LogP contribution >= 0.6 is 11.3 Å². The van der Waals surface area contributed by atoms with E-state index in [0.29, 0.717) is 6.10 Å². The molecule has 90 valence electrons. The minimum absolute atomic E-state index is 0.347. The normalized spacial score (nSPS) is 22.5. The molecule has 0 amide bonds. The summed E-state index contributed by atoms with van der Waals surface area (Å²) in [5.74, 6) is 0. The van der Waals surface area contributed by atoms with E-state index in [1.165, 1.54) is 9.75 Å². The minimum atomic E-state index is 0.347. The van der Waals surface area contributed by atoms with Gasteiger partial charge in [-0.2, -0.15) is 0 Å². The Morgan fingerprint density at radius 2 is 2.44 bits per heavy atom. The van der Waals surface area contributed by atoms with E-state index in [-0.39, 0.29) is 0 Å². The molecule has 1 atom stereocenters. The van der Waals surface area contributed by atoms with Crippen LogP contribution in [0.3, 0.4) is 0 Å². The van der Waals surface area contributed by atoms with Gasteiger partial charge in [0.05, 0.1) is 12.7 Å². The van der Waals surface area contributed by atoms with Crippen LogP contribution in [0.4, 0.5) is 0 Å². The fourth-order valence-corrected chi connectivity index (χ4v) is 3.00. The highest BCUT2D eigenvalue weighted by Crippen LogP contribution is 2.18. The first-order chi connectivity index (χ1) is 7.78. The third kappa shape index (κ3) is 3.28. The molecule has 1 N–H and O–H groups in total. The number of hydrogen-bond acceptors (Lipinski definition) is 4. The molecule has 0 aliphatic carbocycles. The van der Waals surface area contributed by atoms with Crippen molar-refractivity contribution in [3.05, 3.63) is 21.9 Å². The van der Waals surface area contributed by atoms with E-state index in [9.17, 15) is 0 Å². The summed E-state index contributed by atoms with van der Waals surface area (Å²) in [6.45, 7) is 7.13. The molecule has 0 aromatic carbocycles. The summed E-state index contributed by atoms with van der Waals surface area (Å²) in [5, 5.41) is 3.18. The number of ether oxygens (including phenoxy) is 1. The molecule has 1 unspecified atom stereocenters. The first-order valence-electron chi connectivity index (χ1n) is 5.82. The number of likely N-dealkylation sites (N-methyl/N-ethyl adjacent to an activating group) is 1. The maximum Gasteiger partial charge on any atom is 0.0826 e.